The third-order valence-corrected chi connectivity index (χ3v) is 5.25. The van der Waals surface area contributed by atoms with Gasteiger partial charge in [-0.25, -0.2) is 4.39 Å². The number of carbonyl (C=O) groups is 2. The maximum Gasteiger partial charge on any atom is 0.289 e. The summed E-state index contributed by atoms with van der Waals surface area (Å²) in [5, 5.41) is 1.77. The van der Waals surface area contributed by atoms with Crippen LogP contribution >= 0.6 is 11.3 Å². The summed E-state index contributed by atoms with van der Waals surface area (Å²) in [5.74, 6) is -0.614. The van der Waals surface area contributed by atoms with Crippen LogP contribution in [0.4, 0.5) is 4.39 Å². The molecule has 2 amide bonds. The average Bonchev–Trinajstić information content (AvgIpc) is 3.38. The largest absolute Gasteiger partial charge is 0.454 e. The molecule has 0 saturated carbocycles. The third kappa shape index (κ3) is 4.36. The van der Waals surface area contributed by atoms with E-state index in [1.807, 2.05) is 0 Å². The molecule has 7 nitrogen and oxygen atoms in total. The summed E-state index contributed by atoms with van der Waals surface area (Å²) in [5.41, 5.74) is -0.0798. The van der Waals surface area contributed by atoms with Crippen molar-refractivity contribution in [1.82, 2.24) is 9.47 Å². The van der Waals surface area contributed by atoms with E-state index < -0.39 is 11.7 Å². The molecular weight excluding hydrogens is 397 g/mol. The van der Waals surface area contributed by atoms with E-state index in [4.69, 9.17) is 9.15 Å². The smallest absolute Gasteiger partial charge is 0.289 e. The topological polar surface area (TPSA) is 77.0 Å². The van der Waals surface area contributed by atoms with E-state index in [0.717, 1.165) is 0 Å². The molecule has 2 aromatic heterocycles. The van der Waals surface area contributed by atoms with Crippen LogP contribution in [-0.2, 0) is 11.3 Å². The standard InChI is InChI=1S/C20H18FN3O4S/c21-16-4-2-1-3-15(16)18(25)22-20-24(9-12-29-20)13-14-5-6-17(28-14)19(26)23-7-10-27-11-8-23/h1-6,9,12H,7-8,10-11,13H2. The zero-order valence-corrected chi connectivity index (χ0v) is 16.2. The SMILES string of the molecule is O=C(N=c1sccn1Cc1ccc(C(=O)N2CCOCC2)o1)c1ccccc1F. The summed E-state index contributed by atoms with van der Waals surface area (Å²) in [7, 11) is 0. The number of nitrogens with zero attached hydrogens (tertiary/aromatic N) is 3. The average molecular weight is 415 g/mol. The Kier molecular flexibility index (Phi) is 5.68. The van der Waals surface area contributed by atoms with Gasteiger partial charge in [-0.1, -0.05) is 12.1 Å². The van der Waals surface area contributed by atoms with Crippen LogP contribution < -0.4 is 4.80 Å². The lowest BCUT2D eigenvalue weighted by atomic mass is 10.2. The van der Waals surface area contributed by atoms with E-state index in [1.165, 1.54) is 29.5 Å². The third-order valence-electron chi connectivity index (χ3n) is 4.46. The molecule has 0 spiro atoms. The summed E-state index contributed by atoms with van der Waals surface area (Å²) >= 11 is 1.26. The molecule has 0 aliphatic carbocycles. The molecule has 1 aromatic carbocycles. The van der Waals surface area contributed by atoms with Crippen molar-refractivity contribution in [3.63, 3.8) is 0 Å². The van der Waals surface area contributed by atoms with Crippen LogP contribution in [0.2, 0.25) is 0 Å². The quantitative estimate of drug-likeness (QED) is 0.656. The Morgan fingerprint density at radius 1 is 1.14 bits per heavy atom. The first-order valence-electron chi connectivity index (χ1n) is 9.05. The van der Waals surface area contributed by atoms with E-state index >= 15 is 0 Å². The lowest BCUT2D eigenvalue weighted by molar-refractivity contribution is 0.0281. The number of ether oxygens (including phenoxy) is 1. The van der Waals surface area contributed by atoms with Gasteiger partial charge in [0.15, 0.2) is 10.6 Å². The van der Waals surface area contributed by atoms with Crippen molar-refractivity contribution >= 4 is 23.2 Å². The van der Waals surface area contributed by atoms with Gasteiger partial charge in [0.25, 0.3) is 11.8 Å². The highest BCUT2D eigenvalue weighted by Crippen LogP contribution is 2.13. The number of halogens is 1. The number of morpholine rings is 1. The lowest BCUT2D eigenvalue weighted by Crippen LogP contribution is -2.40. The number of rotatable bonds is 4. The first-order chi connectivity index (χ1) is 14.1. The van der Waals surface area contributed by atoms with Crippen LogP contribution in [0.3, 0.4) is 0 Å². The van der Waals surface area contributed by atoms with Crippen molar-refractivity contribution in [2.24, 2.45) is 4.99 Å². The van der Waals surface area contributed by atoms with Gasteiger partial charge in [-0.15, -0.1) is 11.3 Å². The molecule has 0 N–H and O–H groups in total. The highest BCUT2D eigenvalue weighted by atomic mass is 32.1. The Balaban J connectivity index is 1.51. The minimum atomic E-state index is -0.651. The lowest BCUT2D eigenvalue weighted by Gasteiger charge is -2.25. The molecule has 1 aliphatic rings. The summed E-state index contributed by atoms with van der Waals surface area (Å²) in [6, 6.07) is 9.09. The van der Waals surface area contributed by atoms with Gasteiger partial charge in [0, 0.05) is 24.7 Å². The molecule has 1 fully saturated rings. The number of aromatic nitrogens is 1. The van der Waals surface area contributed by atoms with Crippen LogP contribution in [0.5, 0.6) is 0 Å². The van der Waals surface area contributed by atoms with Crippen LogP contribution in [0.15, 0.2) is 57.4 Å². The molecule has 3 aromatic rings. The van der Waals surface area contributed by atoms with Crippen LogP contribution in [-0.4, -0.2) is 47.6 Å². The van der Waals surface area contributed by atoms with Crippen molar-refractivity contribution in [3.8, 4) is 0 Å². The van der Waals surface area contributed by atoms with Gasteiger partial charge in [0.1, 0.15) is 11.6 Å². The molecule has 29 heavy (non-hydrogen) atoms. The minimum Gasteiger partial charge on any atom is -0.454 e. The van der Waals surface area contributed by atoms with Crippen LogP contribution in [0, 0.1) is 5.82 Å². The Labute approximate surface area is 169 Å². The zero-order chi connectivity index (χ0) is 20.2. The molecule has 1 saturated heterocycles. The van der Waals surface area contributed by atoms with Crippen LogP contribution in [0.25, 0.3) is 0 Å². The van der Waals surface area contributed by atoms with Crippen molar-refractivity contribution < 1.29 is 23.1 Å². The first-order valence-corrected chi connectivity index (χ1v) is 9.93. The molecule has 150 valence electrons. The number of benzene rings is 1. The Bertz CT molecular complexity index is 1090. The number of hydrogen-bond donors (Lipinski definition) is 0. The van der Waals surface area contributed by atoms with Crippen molar-refractivity contribution in [2.75, 3.05) is 26.3 Å². The van der Waals surface area contributed by atoms with E-state index in [9.17, 15) is 14.0 Å². The van der Waals surface area contributed by atoms with Crippen LogP contribution in [0.1, 0.15) is 26.7 Å². The fourth-order valence-corrected chi connectivity index (χ4v) is 3.68. The Morgan fingerprint density at radius 2 is 1.93 bits per heavy atom. The maximum atomic E-state index is 13.8. The Morgan fingerprint density at radius 3 is 2.72 bits per heavy atom. The molecule has 0 unspecified atom stereocenters. The van der Waals surface area contributed by atoms with Gasteiger partial charge in [-0.2, -0.15) is 4.99 Å². The summed E-state index contributed by atoms with van der Waals surface area (Å²) < 4.78 is 26.5. The van der Waals surface area contributed by atoms with Crippen molar-refractivity contribution in [2.45, 2.75) is 6.54 Å². The molecule has 0 bridgehead atoms. The summed E-state index contributed by atoms with van der Waals surface area (Å²) in [4.78, 5) is 30.9. The molecule has 1 aliphatic heterocycles. The van der Waals surface area contributed by atoms with E-state index in [1.54, 1.807) is 39.2 Å². The van der Waals surface area contributed by atoms with Gasteiger partial charge in [0.2, 0.25) is 0 Å². The highest BCUT2D eigenvalue weighted by molar-refractivity contribution is 7.07. The van der Waals surface area contributed by atoms with Crippen molar-refractivity contribution in [1.29, 1.82) is 0 Å². The van der Waals surface area contributed by atoms with Gasteiger partial charge >= 0.3 is 0 Å². The predicted octanol–water partition coefficient (Wildman–Crippen LogP) is 2.54. The van der Waals surface area contributed by atoms with Gasteiger partial charge in [0.05, 0.1) is 25.3 Å². The summed E-state index contributed by atoms with van der Waals surface area (Å²) in [6.07, 6.45) is 1.75. The monoisotopic (exact) mass is 415 g/mol. The minimum absolute atomic E-state index is 0.0798. The van der Waals surface area contributed by atoms with Gasteiger partial charge in [-0.3, -0.25) is 9.59 Å². The van der Waals surface area contributed by atoms with E-state index in [0.29, 0.717) is 43.4 Å². The number of hydrogen-bond acceptors (Lipinski definition) is 5. The molecule has 9 heteroatoms. The fourth-order valence-electron chi connectivity index (χ4n) is 2.96. The molecule has 0 atom stereocenters. The second-order valence-electron chi connectivity index (χ2n) is 6.38. The van der Waals surface area contributed by atoms with Crippen molar-refractivity contribution in [3.05, 3.63) is 75.7 Å². The van der Waals surface area contributed by atoms with Gasteiger partial charge in [-0.05, 0) is 24.3 Å². The molecular formula is C20H18FN3O4S. The number of thiazole rings is 1. The zero-order valence-electron chi connectivity index (χ0n) is 15.4. The number of carbonyl (C=O) groups excluding carboxylic acids is 2. The highest BCUT2D eigenvalue weighted by Gasteiger charge is 2.21. The number of furan rings is 1. The van der Waals surface area contributed by atoms with E-state index in [-0.39, 0.29) is 17.2 Å². The first kappa shape index (κ1) is 19.3. The fraction of sp³-hybridized carbons (Fsp3) is 0.250. The predicted molar refractivity (Wildman–Crippen MR) is 103 cm³/mol. The number of amides is 2. The molecule has 4 rings (SSSR count). The van der Waals surface area contributed by atoms with E-state index in [2.05, 4.69) is 4.99 Å². The molecule has 0 radical (unpaired) electrons. The normalized spacial score (nSPS) is 14.9. The molecule has 3 heterocycles. The van der Waals surface area contributed by atoms with Gasteiger partial charge < -0.3 is 18.6 Å². The second-order valence-corrected chi connectivity index (χ2v) is 7.25. The maximum absolute atomic E-state index is 13.8. The second kappa shape index (κ2) is 8.54. The summed E-state index contributed by atoms with van der Waals surface area (Å²) in [6.45, 7) is 2.41. The Hall–Kier alpha value is -3.04.